The SMILES string of the molecule is O=C(CCCNc1cc(Cl)nc(C2CC2)n1)NC1CC1. The van der Waals surface area contributed by atoms with Gasteiger partial charge in [-0.1, -0.05) is 11.6 Å². The van der Waals surface area contributed by atoms with Crippen molar-refractivity contribution < 1.29 is 4.79 Å². The van der Waals surface area contributed by atoms with E-state index >= 15 is 0 Å². The van der Waals surface area contributed by atoms with Crippen LogP contribution >= 0.6 is 11.6 Å². The molecular weight excluding hydrogens is 276 g/mol. The third-order valence-corrected chi connectivity index (χ3v) is 3.68. The predicted octanol–water partition coefficient (Wildman–Crippen LogP) is 2.48. The van der Waals surface area contributed by atoms with Crippen molar-refractivity contribution in [2.24, 2.45) is 0 Å². The molecule has 2 N–H and O–H groups in total. The smallest absolute Gasteiger partial charge is 0.220 e. The second-order valence-electron chi connectivity index (χ2n) is 5.58. The molecule has 2 aliphatic rings. The Balaban J connectivity index is 1.42. The van der Waals surface area contributed by atoms with Crippen molar-refractivity contribution in [1.29, 1.82) is 0 Å². The fourth-order valence-corrected chi connectivity index (χ4v) is 2.23. The lowest BCUT2D eigenvalue weighted by Crippen LogP contribution is -2.25. The van der Waals surface area contributed by atoms with Crippen molar-refractivity contribution in [2.75, 3.05) is 11.9 Å². The number of halogens is 1. The molecule has 1 aromatic heterocycles. The van der Waals surface area contributed by atoms with E-state index in [0.717, 1.165) is 50.3 Å². The maximum atomic E-state index is 11.5. The number of aromatic nitrogens is 2. The van der Waals surface area contributed by atoms with E-state index in [1.54, 1.807) is 6.07 Å². The Hall–Kier alpha value is -1.36. The molecule has 0 unspecified atom stereocenters. The van der Waals surface area contributed by atoms with E-state index in [-0.39, 0.29) is 5.91 Å². The summed E-state index contributed by atoms with van der Waals surface area (Å²) in [5.74, 6) is 2.23. The zero-order valence-corrected chi connectivity index (χ0v) is 12.1. The molecule has 3 rings (SSSR count). The van der Waals surface area contributed by atoms with Gasteiger partial charge in [0.05, 0.1) is 0 Å². The fourth-order valence-electron chi connectivity index (χ4n) is 2.04. The minimum Gasteiger partial charge on any atom is -0.370 e. The molecule has 0 aliphatic heterocycles. The van der Waals surface area contributed by atoms with Crippen LogP contribution in [0.1, 0.15) is 50.3 Å². The topological polar surface area (TPSA) is 66.9 Å². The Morgan fingerprint density at radius 3 is 2.80 bits per heavy atom. The molecule has 1 amide bonds. The zero-order valence-electron chi connectivity index (χ0n) is 11.4. The lowest BCUT2D eigenvalue weighted by molar-refractivity contribution is -0.121. The number of hydrogen-bond acceptors (Lipinski definition) is 4. The van der Waals surface area contributed by atoms with Gasteiger partial charge in [-0.05, 0) is 32.1 Å². The Bertz CT molecular complexity index is 500. The predicted molar refractivity (Wildman–Crippen MR) is 77.9 cm³/mol. The lowest BCUT2D eigenvalue weighted by Gasteiger charge is -2.08. The quantitative estimate of drug-likeness (QED) is 0.599. The number of hydrogen-bond donors (Lipinski definition) is 2. The van der Waals surface area contributed by atoms with Gasteiger partial charge in [0.1, 0.15) is 16.8 Å². The standard InChI is InChI=1S/C14H19ClN4O/c15-11-8-12(19-14(18-11)9-3-4-9)16-7-1-2-13(20)17-10-5-6-10/h8-10H,1-7H2,(H,17,20)(H,16,18,19). The summed E-state index contributed by atoms with van der Waals surface area (Å²) in [6.45, 7) is 0.718. The number of anilines is 1. The zero-order chi connectivity index (χ0) is 13.9. The van der Waals surface area contributed by atoms with Gasteiger partial charge in [0.2, 0.25) is 5.91 Å². The maximum Gasteiger partial charge on any atom is 0.220 e. The van der Waals surface area contributed by atoms with Gasteiger partial charge in [-0.3, -0.25) is 4.79 Å². The Morgan fingerprint density at radius 2 is 2.10 bits per heavy atom. The third-order valence-electron chi connectivity index (χ3n) is 3.48. The van der Waals surface area contributed by atoms with Gasteiger partial charge in [0, 0.05) is 31.0 Å². The third kappa shape index (κ3) is 4.07. The van der Waals surface area contributed by atoms with E-state index in [0.29, 0.717) is 23.5 Å². The molecule has 0 aromatic carbocycles. The number of carbonyl (C=O) groups excluding carboxylic acids is 1. The first-order valence-electron chi connectivity index (χ1n) is 7.28. The second kappa shape index (κ2) is 5.95. The molecule has 20 heavy (non-hydrogen) atoms. The number of nitrogens with one attached hydrogen (secondary N) is 2. The second-order valence-corrected chi connectivity index (χ2v) is 5.97. The van der Waals surface area contributed by atoms with E-state index in [4.69, 9.17) is 11.6 Å². The van der Waals surface area contributed by atoms with Crippen molar-refractivity contribution in [3.8, 4) is 0 Å². The lowest BCUT2D eigenvalue weighted by atomic mass is 10.3. The van der Waals surface area contributed by atoms with Gasteiger partial charge in [-0.25, -0.2) is 9.97 Å². The number of rotatable bonds is 7. The van der Waals surface area contributed by atoms with Gasteiger partial charge < -0.3 is 10.6 Å². The first-order valence-corrected chi connectivity index (χ1v) is 7.66. The van der Waals surface area contributed by atoms with Crippen LogP contribution in [0.15, 0.2) is 6.07 Å². The Morgan fingerprint density at radius 1 is 1.30 bits per heavy atom. The summed E-state index contributed by atoms with van der Waals surface area (Å²) in [5, 5.41) is 6.68. The van der Waals surface area contributed by atoms with Crippen LogP contribution in [0.3, 0.4) is 0 Å². The summed E-state index contributed by atoms with van der Waals surface area (Å²) < 4.78 is 0. The molecule has 1 heterocycles. The van der Waals surface area contributed by atoms with E-state index < -0.39 is 0 Å². The monoisotopic (exact) mass is 294 g/mol. The van der Waals surface area contributed by atoms with Crippen LogP contribution in [-0.4, -0.2) is 28.5 Å². The van der Waals surface area contributed by atoms with Crippen molar-refractivity contribution in [3.63, 3.8) is 0 Å². The van der Waals surface area contributed by atoms with Crippen molar-refractivity contribution in [3.05, 3.63) is 17.0 Å². The van der Waals surface area contributed by atoms with E-state index in [1.807, 2.05) is 0 Å². The van der Waals surface area contributed by atoms with Crippen LogP contribution in [0, 0.1) is 0 Å². The summed E-state index contributed by atoms with van der Waals surface area (Å²) in [6.07, 6.45) is 5.92. The average molecular weight is 295 g/mol. The van der Waals surface area contributed by atoms with Gasteiger partial charge >= 0.3 is 0 Å². The molecule has 2 aliphatic carbocycles. The molecular formula is C14H19ClN4O. The highest BCUT2D eigenvalue weighted by Crippen LogP contribution is 2.38. The molecule has 1 aromatic rings. The molecule has 0 saturated heterocycles. The highest BCUT2D eigenvalue weighted by molar-refractivity contribution is 6.29. The number of carbonyl (C=O) groups is 1. The highest BCUT2D eigenvalue weighted by Gasteiger charge is 2.27. The number of amides is 1. The minimum atomic E-state index is 0.147. The first kappa shape index (κ1) is 13.6. The van der Waals surface area contributed by atoms with Crippen molar-refractivity contribution in [1.82, 2.24) is 15.3 Å². The van der Waals surface area contributed by atoms with Crippen LogP contribution in [-0.2, 0) is 4.79 Å². The van der Waals surface area contributed by atoms with Gasteiger partial charge in [-0.15, -0.1) is 0 Å². The largest absolute Gasteiger partial charge is 0.370 e. The van der Waals surface area contributed by atoms with E-state index in [9.17, 15) is 4.79 Å². The van der Waals surface area contributed by atoms with Crippen LogP contribution in [0.25, 0.3) is 0 Å². The average Bonchev–Trinajstić information content (AvgIpc) is 3.25. The highest BCUT2D eigenvalue weighted by atomic mass is 35.5. The van der Waals surface area contributed by atoms with E-state index in [1.165, 1.54) is 0 Å². The fraction of sp³-hybridized carbons (Fsp3) is 0.643. The molecule has 108 valence electrons. The molecule has 2 saturated carbocycles. The van der Waals surface area contributed by atoms with E-state index in [2.05, 4.69) is 20.6 Å². The molecule has 0 spiro atoms. The maximum absolute atomic E-state index is 11.5. The normalized spacial score (nSPS) is 17.9. The molecule has 0 atom stereocenters. The van der Waals surface area contributed by atoms with Gasteiger partial charge in [-0.2, -0.15) is 0 Å². The van der Waals surface area contributed by atoms with Gasteiger partial charge in [0.15, 0.2) is 0 Å². The Kier molecular flexibility index (Phi) is 4.05. The first-order chi connectivity index (χ1) is 9.70. The minimum absolute atomic E-state index is 0.147. The van der Waals surface area contributed by atoms with Crippen LogP contribution in [0.5, 0.6) is 0 Å². The van der Waals surface area contributed by atoms with Crippen LogP contribution in [0.4, 0.5) is 5.82 Å². The summed E-state index contributed by atoms with van der Waals surface area (Å²) in [4.78, 5) is 20.2. The van der Waals surface area contributed by atoms with Gasteiger partial charge in [0.25, 0.3) is 0 Å². The summed E-state index contributed by atoms with van der Waals surface area (Å²) in [7, 11) is 0. The molecule has 5 nitrogen and oxygen atoms in total. The Labute approximate surface area is 123 Å². The van der Waals surface area contributed by atoms with Crippen LogP contribution < -0.4 is 10.6 Å². The number of nitrogens with zero attached hydrogens (tertiary/aromatic N) is 2. The van der Waals surface area contributed by atoms with Crippen LogP contribution in [0.2, 0.25) is 5.15 Å². The molecule has 0 bridgehead atoms. The van der Waals surface area contributed by atoms with Crippen molar-refractivity contribution in [2.45, 2.75) is 50.5 Å². The summed E-state index contributed by atoms with van der Waals surface area (Å²) in [6, 6.07) is 2.18. The summed E-state index contributed by atoms with van der Waals surface area (Å²) >= 11 is 5.99. The molecule has 2 fully saturated rings. The molecule has 6 heteroatoms. The molecule has 0 radical (unpaired) electrons. The summed E-state index contributed by atoms with van der Waals surface area (Å²) in [5.41, 5.74) is 0. The van der Waals surface area contributed by atoms with Crippen molar-refractivity contribution >= 4 is 23.3 Å².